The van der Waals surface area contributed by atoms with Crippen molar-refractivity contribution in [1.29, 1.82) is 0 Å². The van der Waals surface area contributed by atoms with Crippen LogP contribution in [0.4, 0.5) is 4.79 Å². The van der Waals surface area contributed by atoms with Crippen LogP contribution in [-0.4, -0.2) is 25.2 Å². The highest BCUT2D eigenvalue weighted by atomic mass is 16.5. The minimum absolute atomic E-state index is 0.122. The van der Waals surface area contributed by atoms with E-state index in [1.807, 2.05) is 36.4 Å². The number of hydrogen-bond donors (Lipinski definition) is 2. The van der Waals surface area contributed by atoms with Crippen molar-refractivity contribution in [3.05, 3.63) is 65.4 Å². The first kappa shape index (κ1) is 20.5. The summed E-state index contributed by atoms with van der Waals surface area (Å²) >= 11 is 0. The van der Waals surface area contributed by atoms with Crippen molar-refractivity contribution in [2.45, 2.75) is 32.6 Å². The topological polar surface area (TPSA) is 76.7 Å². The molecule has 3 amide bonds. The Hall–Kier alpha value is -3.28. The van der Waals surface area contributed by atoms with Gasteiger partial charge in [0.1, 0.15) is 17.2 Å². The highest BCUT2D eigenvalue weighted by Crippen LogP contribution is 2.24. The Balaban J connectivity index is 1.49. The number of carbonyl (C=O) groups excluding carboxylic acids is 2. The van der Waals surface area contributed by atoms with Gasteiger partial charge in [-0.05, 0) is 35.3 Å². The molecule has 0 aliphatic carbocycles. The van der Waals surface area contributed by atoms with Gasteiger partial charge in [0.05, 0.1) is 13.2 Å². The van der Waals surface area contributed by atoms with Crippen molar-refractivity contribution in [3.63, 3.8) is 0 Å². The molecule has 2 aromatic rings. The quantitative estimate of drug-likeness (QED) is 0.423. The lowest BCUT2D eigenvalue weighted by Crippen LogP contribution is -2.22. The molecule has 0 unspecified atom stereocenters. The maximum absolute atomic E-state index is 11.7. The number of hydrogen-bond acceptors (Lipinski definition) is 4. The molecular weight excluding hydrogens is 368 g/mol. The number of carbonyl (C=O) groups is 2. The van der Waals surface area contributed by atoms with Crippen molar-refractivity contribution in [3.8, 4) is 11.5 Å². The molecule has 1 heterocycles. The average molecular weight is 394 g/mol. The number of amides is 3. The molecule has 0 atom stereocenters. The largest absolute Gasteiger partial charge is 0.493 e. The van der Waals surface area contributed by atoms with Crippen molar-refractivity contribution in [2.75, 3.05) is 13.2 Å². The summed E-state index contributed by atoms with van der Waals surface area (Å²) in [5.41, 5.74) is 2.31. The van der Waals surface area contributed by atoms with Gasteiger partial charge in [-0.3, -0.25) is 10.1 Å². The Labute approximate surface area is 170 Å². The van der Waals surface area contributed by atoms with Crippen molar-refractivity contribution < 1.29 is 19.1 Å². The van der Waals surface area contributed by atoms with E-state index in [1.54, 1.807) is 6.08 Å². The van der Waals surface area contributed by atoms with E-state index in [1.165, 1.54) is 5.56 Å². The SMILES string of the molecule is CC(C)(C)c1ccc(OCCCOc2ccccc2/C=C2\NC(=O)NC2=O)cc1. The molecule has 1 saturated heterocycles. The lowest BCUT2D eigenvalue weighted by atomic mass is 9.87. The Morgan fingerprint density at radius 3 is 2.24 bits per heavy atom. The average Bonchev–Trinajstić information content (AvgIpc) is 2.99. The van der Waals surface area contributed by atoms with Crippen LogP contribution < -0.4 is 20.1 Å². The zero-order valence-corrected chi connectivity index (χ0v) is 17.0. The second-order valence-electron chi connectivity index (χ2n) is 7.83. The second kappa shape index (κ2) is 8.82. The maximum atomic E-state index is 11.7. The molecular formula is C23H26N2O4. The third-order valence-corrected chi connectivity index (χ3v) is 4.47. The molecule has 0 radical (unpaired) electrons. The molecule has 152 valence electrons. The summed E-state index contributed by atoms with van der Waals surface area (Å²) < 4.78 is 11.6. The minimum Gasteiger partial charge on any atom is -0.493 e. The fourth-order valence-electron chi connectivity index (χ4n) is 2.85. The second-order valence-corrected chi connectivity index (χ2v) is 7.83. The summed E-state index contributed by atoms with van der Waals surface area (Å²) in [5.74, 6) is 1.03. The van der Waals surface area contributed by atoms with Crippen LogP contribution >= 0.6 is 0 Å². The van der Waals surface area contributed by atoms with Gasteiger partial charge in [-0.1, -0.05) is 51.1 Å². The molecule has 6 heteroatoms. The van der Waals surface area contributed by atoms with Gasteiger partial charge in [-0.2, -0.15) is 0 Å². The van der Waals surface area contributed by atoms with E-state index in [-0.39, 0.29) is 11.1 Å². The number of benzene rings is 2. The predicted molar refractivity (Wildman–Crippen MR) is 112 cm³/mol. The molecule has 0 aromatic heterocycles. The van der Waals surface area contributed by atoms with E-state index in [2.05, 4.69) is 43.5 Å². The fourth-order valence-corrected chi connectivity index (χ4v) is 2.85. The number of nitrogens with one attached hydrogen (secondary N) is 2. The monoisotopic (exact) mass is 394 g/mol. The Bertz CT molecular complexity index is 911. The summed E-state index contributed by atoms with van der Waals surface area (Å²) in [7, 11) is 0. The van der Waals surface area contributed by atoms with Crippen LogP contribution in [0.2, 0.25) is 0 Å². The van der Waals surface area contributed by atoms with Crippen LogP contribution in [0, 0.1) is 0 Å². The van der Waals surface area contributed by atoms with Crippen LogP contribution in [0.25, 0.3) is 6.08 Å². The highest BCUT2D eigenvalue weighted by molar-refractivity contribution is 6.14. The number of para-hydroxylation sites is 1. The molecule has 3 rings (SSSR count). The molecule has 2 aromatic carbocycles. The lowest BCUT2D eigenvalue weighted by Gasteiger charge is -2.19. The number of rotatable bonds is 7. The predicted octanol–water partition coefficient (Wildman–Crippen LogP) is 4.01. The smallest absolute Gasteiger partial charge is 0.326 e. The van der Waals surface area contributed by atoms with Crippen LogP contribution in [-0.2, 0) is 10.2 Å². The third kappa shape index (κ3) is 5.60. The molecule has 29 heavy (non-hydrogen) atoms. The van der Waals surface area contributed by atoms with Crippen LogP contribution in [0.3, 0.4) is 0 Å². The molecule has 1 fully saturated rings. The van der Waals surface area contributed by atoms with E-state index in [0.29, 0.717) is 25.4 Å². The van der Waals surface area contributed by atoms with Gasteiger partial charge >= 0.3 is 6.03 Å². The molecule has 6 nitrogen and oxygen atoms in total. The number of ether oxygens (including phenoxy) is 2. The first-order valence-electron chi connectivity index (χ1n) is 9.62. The van der Waals surface area contributed by atoms with E-state index >= 15 is 0 Å². The molecule has 1 aliphatic heterocycles. The standard InChI is InChI=1S/C23H26N2O4/c1-23(2,3)17-9-11-18(12-10-17)28-13-6-14-29-20-8-5-4-7-16(20)15-19-21(26)25-22(27)24-19/h4-5,7-12,15H,6,13-14H2,1-3H3,(H2,24,25,26,27)/b19-15-. The normalized spacial score (nSPS) is 15.2. The third-order valence-electron chi connectivity index (χ3n) is 4.47. The highest BCUT2D eigenvalue weighted by Gasteiger charge is 2.23. The first-order valence-corrected chi connectivity index (χ1v) is 9.62. The van der Waals surface area contributed by atoms with Gasteiger partial charge in [-0.25, -0.2) is 4.79 Å². The van der Waals surface area contributed by atoms with E-state index < -0.39 is 11.9 Å². The van der Waals surface area contributed by atoms with Crippen molar-refractivity contribution in [1.82, 2.24) is 10.6 Å². The summed E-state index contributed by atoms with van der Waals surface area (Å²) in [6, 6.07) is 15.0. The van der Waals surface area contributed by atoms with Gasteiger partial charge in [0, 0.05) is 12.0 Å². The van der Waals surface area contributed by atoms with Gasteiger partial charge < -0.3 is 14.8 Å². The Morgan fingerprint density at radius 1 is 0.897 bits per heavy atom. The Morgan fingerprint density at radius 2 is 1.59 bits per heavy atom. The van der Waals surface area contributed by atoms with Crippen LogP contribution in [0.1, 0.15) is 38.3 Å². The zero-order valence-electron chi connectivity index (χ0n) is 17.0. The van der Waals surface area contributed by atoms with E-state index in [0.717, 1.165) is 11.3 Å². The summed E-state index contributed by atoms with van der Waals surface area (Å²) in [6.45, 7) is 7.55. The fraction of sp³-hybridized carbons (Fsp3) is 0.304. The molecule has 1 aliphatic rings. The number of imide groups is 1. The molecule has 0 saturated carbocycles. The minimum atomic E-state index is -0.521. The maximum Gasteiger partial charge on any atom is 0.326 e. The van der Waals surface area contributed by atoms with E-state index in [9.17, 15) is 9.59 Å². The first-order chi connectivity index (χ1) is 13.8. The zero-order chi connectivity index (χ0) is 20.9. The van der Waals surface area contributed by atoms with Crippen molar-refractivity contribution >= 4 is 18.0 Å². The summed E-state index contributed by atoms with van der Waals surface area (Å²) in [5, 5.41) is 4.65. The summed E-state index contributed by atoms with van der Waals surface area (Å²) in [6.07, 6.45) is 2.31. The number of urea groups is 1. The Kier molecular flexibility index (Phi) is 6.22. The van der Waals surface area contributed by atoms with Crippen molar-refractivity contribution in [2.24, 2.45) is 0 Å². The van der Waals surface area contributed by atoms with E-state index in [4.69, 9.17) is 9.47 Å². The van der Waals surface area contributed by atoms with Crippen LogP contribution in [0.5, 0.6) is 11.5 Å². The molecule has 0 bridgehead atoms. The van der Waals surface area contributed by atoms with Gasteiger partial charge in [0.25, 0.3) is 5.91 Å². The molecule has 2 N–H and O–H groups in total. The van der Waals surface area contributed by atoms with Gasteiger partial charge in [-0.15, -0.1) is 0 Å². The molecule has 0 spiro atoms. The lowest BCUT2D eigenvalue weighted by molar-refractivity contribution is -0.115. The van der Waals surface area contributed by atoms with Gasteiger partial charge in [0.15, 0.2) is 0 Å². The summed E-state index contributed by atoms with van der Waals surface area (Å²) in [4.78, 5) is 22.9. The van der Waals surface area contributed by atoms with Crippen LogP contribution in [0.15, 0.2) is 54.2 Å². The van der Waals surface area contributed by atoms with Gasteiger partial charge in [0.2, 0.25) is 0 Å².